The number of halogens is 3. The molecule has 0 saturated heterocycles. The quantitative estimate of drug-likeness (QED) is 0.565. The van der Waals surface area contributed by atoms with Gasteiger partial charge in [0, 0.05) is 0 Å². The molecule has 0 aliphatic carbocycles. The number of benzene rings is 2. The van der Waals surface area contributed by atoms with E-state index >= 15 is 0 Å². The van der Waals surface area contributed by atoms with Crippen molar-refractivity contribution >= 4 is 12.1 Å². The van der Waals surface area contributed by atoms with Gasteiger partial charge in [-0.3, -0.25) is 4.79 Å². The van der Waals surface area contributed by atoms with E-state index in [1.54, 1.807) is 7.11 Å². The molecule has 1 N–H and O–H groups in total. The number of carbonyl (C=O) groups is 1. The summed E-state index contributed by atoms with van der Waals surface area (Å²) in [6.07, 6.45) is -3.12. The maximum Gasteiger partial charge on any atom is 0.416 e. The highest BCUT2D eigenvalue weighted by Crippen LogP contribution is 2.30. The van der Waals surface area contributed by atoms with E-state index < -0.39 is 17.6 Å². The molecule has 7 heteroatoms. The number of amides is 1. The van der Waals surface area contributed by atoms with Crippen LogP contribution in [-0.2, 0) is 17.4 Å². The molecule has 0 fully saturated rings. The molecule has 28 heavy (non-hydrogen) atoms. The molecule has 1 amide bonds. The third kappa shape index (κ3) is 5.58. The van der Waals surface area contributed by atoms with Crippen molar-refractivity contribution in [3.05, 3.63) is 64.2 Å². The lowest BCUT2D eigenvalue weighted by Crippen LogP contribution is -2.20. The molecule has 0 atom stereocenters. The lowest BCUT2D eigenvalue weighted by atomic mass is 9.97. The van der Waals surface area contributed by atoms with Gasteiger partial charge in [-0.25, -0.2) is 5.43 Å². The molecular formula is C21H23F3N2O2. The van der Waals surface area contributed by atoms with Crippen LogP contribution in [0.25, 0.3) is 0 Å². The van der Waals surface area contributed by atoms with Gasteiger partial charge in [0.1, 0.15) is 5.75 Å². The van der Waals surface area contributed by atoms with Crippen LogP contribution < -0.4 is 10.2 Å². The molecule has 0 radical (unpaired) electrons. The van der Waals surface area contributed by atoms with E-state index in [1.807, 2.05) is 32.9 Å². The van der Waals surface area contributed by atoms with Gasteiger partial charge < -0.3 is 4.74 Å². The number of alkyl halides is 3. The first kappa shape index (κ1) is 21.5. The minimum atomic E-state index is -4.44. The molecule has 2 rings (SSSR count). The molecule has 0 aliphatic heterocycles. The second-order valence-corrected chi connectivity index (χ2v) is 6.77. The minimum Gasteiger partial charge on any atom is -0.496 e. The van der Waals surface area contributed by atoms with E-state index in [9.17, 15) is 18.0 Å². The van der Waals surface area contributed by atoms with Gasteiger partial charge in [-0.1, -0.05) is 32.0 Å². The summed E-state index contributed by atoms with van der Waals surface area (Å²) in [5.74, 6) is 0.544. The molecule has 2 aromatic rings. The van der Waals surface area contributed by atoms with E-state index in [1.165, 1.54) is 18.3 Å². The molecule has 0 spiro atoms. The number of nitrogens with zero attached hydrogens (tertiary/aromatic N) is 1. The number of hydrogen-bond acceptors (Lipinski definition) is 3. The number of hydrogen-bond donors (Lipinski definition) is 1. The van der Waals surface area contributed by atoms with Crippen LogP contribution in [-0.4, -0.2) is 19.2 Å². The van der Waals surface area contributed by atoms with Crippen molar-refractivity contribution < 1.29 is 22.7 Å². The van der Waals surface area contributed by atoms with Crippen LogP contribution in [0, 0.1) is 6.92 Å². The summed E-state index contributed by atoms with van der Waals surface area (Å²) < 4.78 is 43.6. The monoisotopic (exact) mass is 392 g/mol. The molecule has 2 aromatic carbocycles. The number of nitrogens with one attached hydrogen (secondary N) is 1. The average molecular weight is 392 g/mol. The number of ether oxygens (including phenoxy) is 1. The summed E-state index contributed by atoms with van der Waals surface area (Å²) in [5, 5.41) is 3.94. The van der Waals surface area contributed by atoms with E-state index in [-0.39, 0.29) is 17.9 Å². The average Bonchev–Trinajstić information content (AvgIpc) is 2.62. The maximum absolute atomic E-state index is 12.7. The smallest absolute Gasteiger partial charge is 0.416 e. The second kappa shape index (κ2) is 8.91. The number of rotatable bonds is 6. The zero-order valence-corrected chi connectivity index (χ0v) is 16.2. The van der Waals surface area contributed by atoms with Crippen LogP contribution in [0.1, 0.15) is 47.6 Å². The van der Waals surface area contributed by atoms with Crippen LogP contribution in [0.5, 0.6) is 5.75 Å². The molecule has 0 heterocycles. The van der Waals surface area contributed by atoms with Crippen molar-refractivity contribution in [3.8, 4) is 5.75 Å². The first-order valence-electron chi connectivity index (χ1n) is 8.78. The molecule has 0 bridgehead atoms. The van der Waals surface area contributed by atoms with E-state index in [4.69, 9.17) is 4.74 Å². The van der Waals surface area contributed by atoms with Gasteiger partial charge in [0.15, 0.2) is 0 Å². The first-order valence-corrected chi connectivity index (χ1v) is 8.78. The number of hydrazone groups is 1. The Bertz CT molecular complexity index is 874. The SMILES string of the molecule is COc1cc(C)c(/C=N\NC(=O)Cc2cccc(C(F)(F)F)c2)cc1C(C)C. The molecule has 0 aliphatic rings. The Labute approximate surface area is 162 Å². The summed E-state index contributed by atoms with van der Waals surface area (Å²) in [4.78, 5) is 12.0. The van der Waals surface area contributed by atoms with Crippen molar-refractivity contribution in [1.29, 1.82) is 0 Å². The second-order valence-electron chi connectivity index (χ2n) is 6.77. The zero-order valence-electron chi connectivity index (χ0n) is 16.2. The summed E-state index contributed by atoms with van der Waals surface area (Å²) in [6.45, 7) is 5.99. The predicted octanol–water partition coefficient (Wildman–Crippen LogP) is 4.84. The highest BCUT2D eigenvalue weighted by Gasteiger charge is 2.30. The fourth-order valence-corrected chi connectivity index (χ4v) is 2.74. The largest absolute Gasteiger partial charge is 0.496 e. The van der Waals surface area contributed by atoms with Crippen molar-refractivity contribution in [2.75, 3.05) is 7.11 Å². The van der Waals surface area contributed by atoms with Crippen LogP contribution in [0.4, 0.5) is 13.2 Å². The zero-order chi connectivity index (χ0) is 20.9. The first-order chi connectivity index (χ1) is 13.1. The van der Waals surface area contributed by atoms with Crippen LogP contribution in [0.2, 0.25) is 0 Å². The van der Waals surface area contributed by atoms with Crippen molar-refractivity contribution in [1.82, 2.24) is 5.43 Å². The minimum absolute atomic E-state index is 0.194. The number of aryl methyl sites for hydroxylation is 1. The topological polar surface area (TPSA) is 50.7 Å². The van der Waals surface area contributed by atoms with Crippen molar-refractivity contribution in [3.63, 3.8) is 0 Å². The Hall–Kier alpha value is -2.83. The van der Waals surface area contributed by atoms with Crippen LogP contribution >= 0.6 is 0 Å². The summed E-state index contributed by atoms with van der Waals surface area (Å²) in [5.41, 5.74) is 4.62. The normalized spacial score (nSPS) is 11.9. The van der Waals surface area contributed by atoms with Crippen molar-refractivity contribution in [2.45, 2.75) is 39.3 Å². The fourth-order valence-electron chi connectivity index (χ4n) is 2.74. The van der Waals surface area contributed by atoms with Gasteiger partial charge in [-0.15, -0.1) is 0 Å². The summed E-state index contributed by atoms with van der Waals surface area (Å²) in [6, 6.07) is 8.54. The molecule has 150 valence electrons. The van der Waals surface area contributed by atoms with Gasteiger partial charge in [-0.2, -0.15) is 18.3 Å². The van der Waals surface area contributed by atoms with E-state index in [2.05, 4.69) is 10.5 Å². The van der Waals surface area contributed by atoms with E-state index in [0.717, 1.165) is 34.6 Å². The standard InChI is InChI=1S/C21H23F3N2O2/c1-13(2)18-11-16(14(3)8-19(18)28-4)12-25-26-20(27)10-15-6-5-7-17(9-15)21(22,23)24/h5-9,11-13H,10H2,1-4H3,(H,26,27)/b25-12-. The molecule has 4 nitrogen and oxygen atoms in total. The molecule has 0 saturated carbocycles. The fraction of sp³-hybridized carbons (Fsp3) is 0.333. The Kier molecular flexibility index (Phi) is 6.83. The lowest BCUT2D eigenvalue weighted by Gasteiger charge is -2.14. The Morgan fingerprint density at radius 2 is 1.96 bits per heavy atom. The molecular weight excluding hydrogens is 369 g/mol. The Morgan fingerprint density at radius 1 is 1.25 bits per heavy atom. The van der Waals surface area contributed by atoms with Gasteiger partial charge in [0.25, 0.3) is 0 Å². The Morgan fingerprint density at radius 3 is 2.57 bits per heavy atom. The third-order valence-electron chi connectivity index (χ3n) is 4.25. The predicted molar refractivity (Wildman–Crippen MR) is 103 cm³/mol. The molecule has 0 unspecified atom stereocenters. The van der Waals surface area contributed by atoms with Gasteiger partial charge in [0.05, 0.1) is 25.3 Å². The number of methoxy groups -OCH3 is 1. The van der Waals surface area contributed by atoms with Gasteiger partial charge in [0.2, 0.25) is 5.91 Å². The third-order valence-corrected chi connectivity index (χ3v) is 4.25. The number of carbonyl (C=O) groups excluding carboxylic acids is 1. The maximum atomic E-state index is 12.7. The van der Waals surface area contributed by atoms with Crippen molar-refractivity contribution in [2.24, 2.45) is 5.10 Å². The highest BCUT2D eigenvalue weighted by atomic mass is 19.4. The summed E-state index contributed by atoms with van der Waals surface area (Å²) in [7, 11) is 1.61. The summed E-state index contributed by atoms with van der Waals surface area (Å²) >= 11 is 0. The van der Waals surface area contributed by atoms with Crippen LogP contribution in [0.3, 0.4) is 0 Å². The lowest BCUT2D eigenvalue weighted by molar-refractivity contribution is -0.137. The van der Waals surface area contributed by atoms with E-state index in [0.29, 0.717) is 0 Å². The Balaban J connectivity index is 2.07. The highest BCUT2D eigenvalue weighted by molar-refractivity contribution is 5.85. The van der Waals surface area contributed by atoms with Gasteiger partial charge >= 0.3 is 6.18 Å². The molecule has 0 aromatic heterocycles. The van der Waals surface area contributed by atoms with Crippen LogP contribution in [0.15, 0.2) is 41.5 Å². The van der Waals surface area contributed by atoms with Gasteiger partial charge in [-0.05, 0) is 53.3 Å².